The smallest absolute Gasteiger partial charge is 0.258 e. The number of para-hydroxylation sites is 1. The average molecular weight is 342 g/mol. The number of rotatable bonds is 4. The second-order valence-corrected chi connectivity index (χ2v) is 6.60. The molecule has 5 heteroatoms. The summed E-state index contributed by atoms with van der Waals surface area (Å²) in [5, 5.41) is 12.4. The van der Waals surface area contributed by atoms with Gasteiger partial charge in [0.1, 0.15) is 5.82 Å². The monoisotopic (exact) mass is 342 g/mol. The Bertz CT molecular complexity index is 755. The van der Waals surface area contributed by atoms with E-state index in [1.54, 1.807) is 13.0 Å². The summed E-state index contributed by atoms with van der Waals surface area (Å²) >= 11 is 0. The van der Waals surface area contributed by atoms with E-state index >= 15 is 0 Å². The quantitative estimate of drug-likeness (QED) is 0.896. The molecule has 0 atom stereocenters. The summed E-state index contributed by atoms with van der Waals surface area (Å²) in [6.45, 7) is 4.14. The van der Waals surface area contributed by atoms with Crippen molar-refractivity contribution in [1.82, 2.24) is 4.90 Å². The van der Waals surface area contributed by atoms with Gasteiger partial charge in [-0.25, -0.2) is 4.39 Å². The van der Waals surface area contributed by atoms with Crippen LogP contribution in [-0.2, 0) is 6.54 Å². The van der Waals surface area contributed by atoms with Crippen molar-refractivity contribution in [2.75, 3.05) is 18.4 Å². The number of nitrogens with zero attached hydrogens (tertiary/aromatic N) is 1. The molecule has 1 aliphatic heterocycles. The molecule has 0 spiro atoms. The Labute approximate surface area is 147 Å². The zero-order valence-corrected chi connectivity index (χ0v) is 14.3. The molecule has 1 saturated heterocycles. The molecule has 0 unspecified atom stereocenters. The van der Waals surface area contributed by atoms with Crippen LogP contribution in [-0.4, -0.2) is 35.1 Å². The topological polar surface area (TPSA) is 52.6 Å². The maximum Gasteiger partial charge on any atom is 0.258 e. The maximum atomic E-state index is 14.0. The minimum Gasteiger partial charge on any atom is -0.393 e. The fraction of sp³-hybridized carbons (Fsp3) is 0.350. The zero-order chi connectivity index (χ0) is 17.8. The molecule has 1 aliphatic rings. The van der Waals surface area contributed by atoms with Gasteiger partial charge in [0, 0.05) is 25.3 Å². The number of amides is 1. The molecule has 0 saturated carbocycles. The first-order valence-corrected chi connectivity index (χ1v) is 8.59. The molecule has 2 aromatic rings. The predicted molar refractivity (Wildman–Crippen MR) is 96.1 cm³/mol. The second kappa shape index (κ2) is 7.76. The fourth-order valence-electron chi connectivity index (χ4n) is 3.09. The van der Waals surface area contributed by atoms with Crippen LogP contribution in [0.15, 0.2) is 42.5 Å². The number of likely N-dealkylation sites (tertiary alicyclic amines) is 1. The van der Waals surface area contributed by atoms with Crippen molar-refractivity contribution in [1.29, 1.82) is 0 Å². The Hall–Kier alpha value is -2.24. The van der Waals surface area contributed by atoms with Gasteiger partial charge in [-0.15, -0.1) is 0 Å². The van der Waals surface area contributed by atoms with Gasteiger partial charge in [0.05, 0.1) is 11.7 Å². The van der Waals surface area contributed by atoms with Gasteiger partial charge in [0.25, 0.3) is 5.91 Å². The minimum atomic E-state index is -0.514. The standard InChI is InChI=1S/C20H23FN2O2/c1-14-6-7-17(18(21)12-14)20(25)22-19-5-3-2-4-15(19)13-23-10-8-16(24)9-11-23/h2-7,12,16,24H,8-11,13H2,1H3,(H,22,25). The van der Waals surface area contributed by atoms with Crippen LogP contribution in [0.5, 0.6) is 0 Å². The van der Waals surface area contributed by atoms with Crippen molar-refractivity contribution >= 4 is 11.6 Å². The Balaban J connectivity index is 1.73. The molecule has 2 N–H and O–H groups in total. The Kier molecular flexibility index (Phi) is 5.46. The number of aliphatic hydroxyl groups excluding tert-OH is 1. The van der Waals surface area contributed by atoms with Crippen molar-refractivity contribution in [2.24, 2.45) is 0 Å². The van der Waals surface area contributed by atoms with E-state index in [4.69, 9.17) is 0 Å². The molecule has 132 valence electrons. The number of benzene rings is 2. The average Bonchev–Trinajstić information content (AvgIpc) is 2.58. The van der Waals surface area contributed by atoms with Gasteiger partial charge in [-0.3, -0.25) is 9.69 Å². The van der Waals surface area contributed by atoms with Crippen molar-refractivity contribution in [3.63, 3.8) is 0 Å². The lowest BCUT2D eigenvalue weighted by Gasteiger charge is -2.30. The van der Waals surface area contributed by atoms with Gasteiger partial charge in [-0.2, -0.15) is 0 Å². The molecule has 1 amide bonds. The first kappa shape index (κ1) is 17.6. The number of carbonyl (C=O) groups excluding carboxylic acids is 1. The SMILES string of the molecule is Cc1ccc(C(=O)Nc2ccccc2CN2CCC(O)CC2)c(F)c1. The van der Waals surface area contributed by atoms with E-state index in [0.29, 0.717) is 12.2 Å². The number of halogens is 1. The molecule has 0 aliphatic carbocycles. The van der Waals surface area contributed by atoms with Crippen LogP contribution in [0.3, 0.4) is 0 Å². The van der Waals surface area contributed by atoms with Gasteiger partial charge in [0.2, 0.25) is 0 Å². The normalized spacial score (nSPS) is 16.0. The van der Waals surface area contributed by atoms with E-state index < -0.39 is 11.7 Å². The van der Waals surface area contributed by atoms with E-state index in [-0.39, 0.29) is 11.7 Å². The lowest BCUT2D eigenvalue weighted by Crippen LogP contribution is -2.35. The lowest BCUT2D eigenvalue weighted by atomic mass is 10.1. The molecule has 1 fully saturated rings. The van der Waals surface area contributed by atoms with Gasteiger partial charge < -0.3 is 10.4 Å². The van der Waals surface area contributed by atoms with Crippen LogP contribution < -0.4 is 5.32 Å². The third-order valence-corrected chi connectivity index (χ3v) is 4.59. The van der Waals surface area contributed by atoms with Crippen molar-refractivity contribution < 1.29 is 14.3 Å². The third-order valence-electron chi connectivity index (χ3n) is 4.59. The molecule has 0 bridgehead atoms. The summed E-state index contributed by atoms with van der Waals surface area (Å²) < 4.78 is 14.0. The summed E-state index contributed by atoms with van der Waals surface area (Å²) in [7, 11) is 0. The minimum absolute atomic E-state index is 0.0431. The number of hydrogen-bond donors (Lipinski definition) is 2. The molecule has 0 radical (unpaired) electrons. The predicted octanol–water partition coefficient (Wildman–Crippen LogP) is 3.34. The van der Waals surface area contributed by atoms with E-state index in [9.17, 15) is 14.3 Å². The summed E-state index contributed by atoms with van der Waals surface area (Å²) in [5.74, 6) is -0.959. The molecule has 25 heavy (non-hydrogen) atoms. The zero-order valence-electron chi connectivity index (χ0n) is 14.3. The number of nitrogens with one attached hydrogen (secondary N) is 1. The first-order valence-electron chi connectivity index (χ1n) is 8.59. The number of piperidine rings is 1. The largest absolute Gasteiger partial charge is 0.393 e. The Morgan fingerprint density at radius 2 is 1.96 bits per heavy atom. The molecule has 4 nitrogen and oxygen atoms in total. The van der Waals surface area contributed by atoms with Gasteiger partial charge >= 0.3 is 0 Å². The van der Waals surface area contributed by atoms with Crippen LogP contribution in [0.2, 0.25) is 0 Å². The summed E-state index contributed by atoms with van der Waals surface area (Å²) in [6.07, 6.45) is 1.32. The molecule has 1 heterocycles. The highest BCUT2D eigenvalue weighted by Gasteiger charge is 2.19. The van der Waals surface area contributed by atoms with Crippen LogP contribution in [0.1, 0.15) is 34.3 Å². The Morgan fingerprint density at radius 3 is 2.68 bits per heavy atom. The summed E-state index contributed by atoms with van der Waals surface area (Å²) in [5.41, 5.74) is 2.50. The third kappa shape index (κ3) is 4.44. The van der Waals surface area contributed by atoms with Crippen molar-refractivity contribution in [2.45, 2.75) is 32.4 Å². The molecule has 0 aromatic heterocycles. The number of hydrogen-bond acceptors (Lipinski definition) is 3. The van der Waals surface area contributed by atoms with Crippen LogP contribution in [0, 0.1) is 12.7 Å². The van der Waals surface area contributed by atoms with Crippen LogP contribution in [0.25, 0.3) is 0 Å². The van der Waals surface area contributed by atoms with Gasteiger partial charge in [0.15, 0.2) is 0 Å². The first-order chi connectivity index (χ1) is 12.0. The highest BCUT2D eigenvalue weighted by atomic mass is 19.1. The molecular formula is C20H23FN2O2. The number of anilines is 1. The number of aryl methyl sites for hydroxylation is 1. The van der Waals surface area contributed by atoms with E-state index in [1.165, 1.54) is 12.1 Å². The van der Waals surface area contributed by atoms with Crippen molar-refractivity contribution in [3.05, 3.63) is 65.0 Å². The molecular weight excluding hydrogens is 319 g/mol. The highest BCUT2D eigenvalue weighted by Crippen LogP contribution is 2.21. The summed E-state index contributed by atoms with van der Waals surface area (Å²) in [4.78, 5) is 14.7. The number of aliphatic hydroxyl groups is 1. The van der Waals surface area contributed by atoms with Crippen LogP contribution in [0.4, 0.5) is 10.1 Å². The number of carbonyl (C=O) groups is 1. The fourth-order valence-corrected chi connectivity index (χ4v) is 3.09. The van der Waals surface area contributed by atoms with Crippen LogP contribution >= 0.6 is 0 Å². The van der Waals surface area contributed by atoms with Gasteiger partial charge in [-0.1, -0.05) is 24.3 Å². The van der Waals surface area contributed by atoms with E-state index in [0.717, 1.165) is 37.1 Å². The van der Waals surface area contributed by atoms with E-state index in [1.807, 2.05) is 24.3 Å². The second-order valence-electron chi connectivity index (χ2n) is 6.60. The van der Waals surface area contributed by atoms with Crippen molar-refractivity contribution in [3.8, 4) is 0 Å². The lowest BCUT2D eigenvalue weighted by molar-refractivity contribution is 0.0793. The van der Waals surface area contributed by atoms with Gasteiger partial charge in [-0.05, 0) is 49.1 Å². The highest BCUT2D eigenvalue weighted by molar-refractivity contribution is 6.04. The Morgan fingerprint density at radius 1 is 1.24 bits per heavy atom. The molecule has 2 aromatic carbocycles. The summed E-state index contributed by atoms with van der Waals surface area (Å²) in [6, 6.07) is 12.2. The molecule has 3 rings (SSSR count). The van der Waals surface area contributed by atoms with E-state index in [2.05, 4.69) is 10.2 Å². The maximum absolute atomic E-state index is 14.0.